The van der Waals surface area contributed by atoms with Gasteiger partial charge in [-0.25, -0.2) is 9.97 Å². The van der Waals surface area contributed by atoms with Crippen LogP contribution in [0.25, 0.3) is 27.8 Å². The van der Waals surface area contributed by atoms with Gasteiger partial charge in [-0.15, -0.1) is 0 Å². The number of aromatic nitrogens is 3. The zero-order valence-electron chi connectivity index (χ0n) is 13.5. The molecule has 4 rings (SSSR count). The lowest BCUT2D eigenvalue weighted by atomic mass is 10.1. The van der Waals surface area contributed by atoms with Crippen LogP contribution in [0.15, 0.2) is 73.2 Å². The van der Waals surface area contributed by atoms with Crippen LogP contribution in [0.3, 0.4) is 0 Å². The molecule has 0 radical (unpaired) electrons. The largest absolute Gasteiger partial charge is 0.370 e. The van der Waals surface area contributed by atoms with Gasteiger partial charge in [0.2, 0.25) is 0 Å². The molecule has 0 spiro atoms. The number of fused-ring (bicyclic) bond motifs is 1. The second-order valence-electron chi connectivity index (χ2n) is 5.57. The van der Waals surface area contributed by atoms with Crippen molar-refractivity contribution in [2.75, 3.05) is 11.9 Å². The molecule has 2 heterocycles. The monoisotopic (exact) mass is 314 g/mol. The molecule has 1 N–H and O–H groups in total. The molecule has 0 aliphatic rings. The van der Waals surface area contributed by atoms with Gasteiger partial charge in [0.05, 0.1) is 5.39 Å². The molecule has 0 aliphatic carbocycles. The third kappa shape index (κ3) is 2.42. The Balaban J connectivity index is 2.04. The van der Waals surface area contributed by atoms with Crippen LogP contribution in [0.1, 0.15) is 6.92 Å². The topological polar surface area (TPSA) is 42.7 Å². The Morgan fingerprint density at radius 2 is 1.62 bits per heavy atom. The standard InChI is InChI=1S/C20H18N4/c1-2-21-19-18-17(15-9-5-3-6-10-15)13-24(20(18)23-14-22-19)16-11-7-4-8-12-16/h3-14H,2H2,1H3,(H,21,22,23). The minimum atomic E-state index is 0.816. The Bertz CT molecular complexity index is 959. The third-order valence-electron chi connectivity index (χ3n) is 4.05. The van der Waals surface area contributed by atoms with Crippen molar-refractivity contribution in [3.05, 3.63) is 73.2 Å². The number of hydrogen-bond donors (Lipinski definition) is 1. The molecule has 2 aromatic carbocycles. The van der Waals surface area contributed by atoms with E-state index in [1.807, 2.05) is 24.3 Å². The van der Waals surface area contributed by atoms with E-state index in [0.29, 0.717) is 0 Å². The summed E-state index contributed by atoms with van der Waals surface area (Å²) in [4.78, 5) is 9.01. The summed E-state index contributed by atoms with van der Waals surface area (Å²) in [6.45, 7) is 2.89. The molecule has 24 heavy (non-hydrogen) atoms. The molecule has 0 saturated heterocycles. The molecule has 0 atom stereocenters. The highest BCUT2D eigenvalue weighted by Crippen LogP contribution is 2.35. The van der Waals surface area contributed by atoms with Crippen molar-refractivity contribution in [1.82, 2.24) is 14.5 Å². The summed E-state index contributed by atoms with van der Waals surface area (Å²) >= 11 is 0. The summed E-state index contributed by atoms with van der Waals surface area (Å²) < 4.78 is 2.13. The van der Waals surface area contributed by atoms with E-state index in [2.05, 4.69) is 69.4 Å². The molecule has 4 nitrogen and oxygen atoms in total. The number of benzene rings is 2. The van der Waals surface area contributed by atoms with E-state index in [4.69, 9.17) is 0 Å². The predicted octanol–water partition coefficient (Wildman–Crippen LogP) is 4.52. The van der Waals surface area contributed by atoms with Crippen molar-refractivity contribution < 1.29 is 0 Å². The highest BCUT2D eigenvalue weighted by Gasteiger charge is 2.16. The normalized spacial score (nSPS) is 10.9. The van der Waals surface area contributed by atoms with Crippen molar-refractivity contribution in [2.45, 2.75) is 6.92 Å². The summed E-state index contributed by atoms with van der Waals surface area (Å²) in [5.74, 6) is 0.871. The Hall–Kier alpha value is -3.14. The summed E-state index contributed by atoms with van der Waals surface area (Å²) in [6, 6.07) is 20.6. The molecule has 0 amide bonds. The zero-order chi connectivity index (χ0) is 16.4. The van der Waals surface area contributed by atoms with Gasteiger partial charge in [0.15, 0.2) is 5.65 Å². The Morgan fingerprint density at radius 1 is 0.917 bits per heavy atom. The van der Waals surface area contributed by atoms with Crippen LogP contribution in [0.4, 0.5) is 5.82 Å². The maximum atomic E-state index is 4.56. The van der Waals surface area contributed by atoms with E-state index in [9.17, 15) is 0 Å². The summed E-state index contributed by atoms with van der Waals surface area (Å²) in [5, 5.41) is 4.41. The van der Waals surface area contributed by atoms with Gasteiger partial charge in [-0.05, 0) is 24.6 Å². The van der Waals surface area contributed by atoms with Gasteiger partial charge in [-0.3, -0.25) is 0 Å². The number of rotatable bonds is 4. The van der Waals surface area contributed by atoms with Gasteiger partial charge in [0.1, 0.15) is 12.1 Å². The lowest BCUT2D eigenvalue weighted by Crippen LogP contribution is -2.01. The average Bonchev–Trinajstić information content (AvgIpc) is 3.04. The van der Waals surface area contributed by atoms with Crippen molar-refractivity contribution in [3.63, 3.8) is 0 Å². The van der Waals surface area contributed by atoms with Crippen LogP contribution >= 0.6 is 0 Å². The Kier molecular flexibility index (Phi) is 3.71. The summed E-state index contributed by atoms with van der Waals surface area (Å²) in [7, 11) is 0. The van der Waals surface area contributed by atoms with Gasteiger partial charge >= 0.3 is 0 Å². The first-order chi connectivity index (χ1) is 11.9. The van der Waals surface area contributed by atoms with Crippen molar-refractivity contribution in [2.24, 2.45) is 0 Å². The van der Waals surface area contributed by atoms with Crippen LogP contribution in [0, 0.1) is 0 Å². The van der Waals surface area contributed by atoms with E-state index in [-0.39, 0.29) is 0 Å². The zero-order valence-corrected chi connectivity index (χ0v) is 13.5. The summed E-state index contributed by atoms with van der Waals surface area (Å²) in [6.07, 6.45) is 3.76. The van der Waals surface area contributed by atoms with Gasteiger partial charge in [-0.1, -0.05) is 48.5 Å². The molecule has 0 saturated carbocycles. The molecule has 0 unspecified atom stereocenters. The van der Waals surface area contributed by atoms with E-state index in [0.717, 1.165) is 40.2 Å². The number of nitrogens with one attached hydrogen (secondary N) is 1. The molecule has 118 valence electrons. The van der Waals surface area contributed by atoms with Gasteiger partial charge in [0, 0.05) is 24.0 Å². The van der Waals surface area contributed by atoms with Gasteiger partial charge < -0.3 is 9.88 Å². The lowest BCUT2D eigenvalue weighted by Gasteiger charge is -2.07. The Morgan fingerprint density at radius 3 is 2.33 bits per heavy atom. The van der Waals surface area contributed by atoms with Gasteiger partial charge in [0.25, 0.3) is 0 Å². The number of anilines is 1. The van der Waals surface area contributed by atoms with Crippen LogP contribution < -0.4 is 5.32 Å². The summed E-state index contributed by atoms with van der Waals surface area (Å²) in [5.41, 5.74) is 4.29. The minimum absolute atomic E-state index is 0.816. The molecule has 4 heteroatoms. The highest BCUT2D eigenvalue weighted by molar-refractivity contribution is 6.02. The second-order valence-corrected chi connectivity index (χ2v) is 5.57. The number of hydrogen-bond acceptors (Lipinski definition) is 3. The fourth-order valence-corrected chi connectivity index (χ4v) is 2.99. The van der Waals surface area contributed by atoms with Crippen molar-refractivity contribution in [3.8, 4) is 16.8 Å². The minimum Gasteiger partial charge on any atom is -0.370 e. The maximum Gasteiger partial charge on any atom is 0.150 e. The number of para-hydroxylation sites is 1. The predicted molar refractivity (Wildman–Crippen MR) is 98.5 cm³/mol. The van der Waals surface area contributed by atoms with Crippen LogP contribution in [-0.4, -0.2) is 21.1 Å². The van der Waals surface area contributed by atoms with Crippen LogP contribution in [0.5, 0.6) is 0 Å². The van der Waals surface area contributed by atoms with E-state index in [1.165, 1.54) is 0 Å². The first-order valence-electron chi connectivity index (χ1n) is 8.09. The van der Waals surface area contributed by atoms with Crippen molar-refractivity contribution in [1.29, 1.82) is 0 Å². The SMILES string of the molecule is CCNc1ncnc2c1c(-c1ccccc1)cn2-c1ccccc1. The fourth-order valence-electron chi connectivity index (χ4n) is 2.99. The molecule has 0 aliphatic heterocycles. The van der Waals surface area contributed by atoms with E-state index >= 15 is 0 Å². The van der Waals surface area contributed by atoms with Crippen molar-refractivity contribution >= 4 is 16.9 Å². The maximum absolute atomic E-state index is 4.56. The lowest BCUT2D eigenvalue weighted by molar-refractivity contribution is 1.07. The molecular formula is C20H18N4. The number of nitrogens with zero attached hydrogens (tertiary/aromatic N) is 3. The van der Waals surface area contributed by atoms with Crippen LogP contribution in [0.2, 0.25) is 0 Å². The second kappa shape index (κ2) is 6.16. The quantitative estimate of drug-likeness (QED) is 0.602. The molecule has 0 bridgehead atoms. The van der Waals surface area contributed by atoms with E-state index in [1.54, 1.807) is 6.33 Å². The van der Waals surface area contributed by atoms with E-state index < -0.39 is 0 Å². The molecule has 2 aromatic heterocycles. The smallest absolute Gasteiger partial charge is 0.150 e. The fraction of sp³-hybridized carbons (Fsp3) is 0.100. The van der Waals surface area contributed by atoms with Crippen LogP contribution in [-0.2, 0) is 0 Å². The average molecular weight is 314 g/mol. The molecule has 4 aromatic rings. The third-order valence-corrected chi connectivity index (χ3v) is 4.05. The van der Waals surface area contributed by atoms with Gasteiger partial charge in [-0.2, -0.15) is 0 Å². The molecule has 0 fully saturated rings. The Labute approximate surface area is 140 Å². The molecular weight excluding hydrogens is 296 g/mol. The highest BCUT2D eigenvalue weighted by atomic mass is 15.1. The first-order valence-corrected chi connectivity index (χ1v) is 8.09. The first kappa shape index (κ1) is 14.5.